The van der Waals surface area contributed by atoms with Crippen molar-refractivity contribution in [2.45, 2.75) is 33.3 Å². The van der Waals surface area contributed by atoms with Gasteiger partial charge in [-0.15, -0.1) is 0 Å². The van der Waals surface area contributed by atoms with E-state index in [1.54, 1.807) is 0 Å². The fourth-order valence-electron chi connectivity index (χ4n) is 2.21. The molecule has 4 nitrogen and oxygen atoms in total. The number of aliphatic carboxylic acids is 1. The lowest BCUT2D eigenvalue weighted by atomic mass is 9.95. The van der Waals surface area contributed by atoms with E-state index in [1.807, 2.05) is 6.92 Å². The van der Waals surface area contributed by atoms with E-state index in [0.717, 1.165) is 13.1 Å². The van der Waals surface area contributed by atoms with E-state index in [9.17, 15) is 4.79 Å². The van der Waals surface area contributed by atoms with Crippen molar-refractivity contribution < 1.29 is 14.6 Å². The van der Waals surface area contributed by atoms with Crippen molar-refractivity contribution in [2.75, 3.05) is 26.2 Å². The monoisotopic (exact) mass is 229 g/mol. The van der Waals surface area contributed by atoms with Gasteiger partial charge in [-0.1, -0.05) is 13.8 Å². The third-order valence-electron chi connectivity index (χ3n) is 3.32. The number of carbonyl (C=O) groups is 1. The fourth-order valence-corrected chi connectivity index (χ4v) is 2.21. The minimum Gasteiger partial charge on any atom is -0.479 e. The number of likely N-dealkylation sites (tertiary alicyclic amines) is 1. The molecule has 0 aliphatic carbocycles. The van der Waals surface area contributed by atoms with Crippen molar-refractivity contribution in [3.8, 4) is 0 Å². The number of hydrogen-bond donors (Lipinski definition) is 1. The minimum atomic E-state index is -0.852. The van der Waals surface area contributed by atoms with E-state index in [2.05, 4.69) is 18.7 Å². The fraction of sp³-hybridized carbons (Fsp3) is 0.917. The first-order chi connectivity index (χ1) is 7.54. The molecule has 0 amide bonds. The first-order valence-corrected chi connectivity index (χ1v) is 6.11. The summed E-state index contributed by atoms with van der Waals surface area (Å²) in [6.07, 6.45) is 0.506. The van der Waals surface area contributed by atoms with Gasteiger partial charge in [-0.2, -0.15) is 0 Å². The van der Waals surface area contributed by atoms with Crippen molar-refractivity contribution in [2.24, 2.45) is 11.8 Å². The van der Waals surface area contributed by atoms with Crippen molar-refractivity contribution in [3.05, 3.63) is 0 Å². The lowest BCUT2D eigenvalue weighted by Gasteiger charge is -2.21. The predicted molar refractivity (Wildman–Crippen MR) is 62.4 cm³/mol. The molecule has 0 spiro atoms. The van der Waals surface area contributed by atoms with Crippen LogP contribution in [0.1, 0.15) is 27.2 Å². The van der Waals surface area contributed by atoms with Crippen LogP contribution in [0.25, 0.3) is 0 Å². The number of hydrogen-bond acceptors (Lipinski definition) is 3. The zero-order chi connectivity index (χ0) is 12.1. The van der Waals surface area contributed by atoms with E-state index < -0.39 is 12.1 Å². The molecule has 0 bridgehead atoms. The number of nitrogens with zero attached hydrogens (tertiary/aromatic N) is 1. The zero-order valence-corrected chi connectivity index (χ0v) is 10.5. The van der Waals surface area contributed by atoms with Gasteiger partial charge in [0.05, 0.1) is 0 Å². The molecule has 4 heteroatoms. The Morgan fingerprint density at radius 3 is 2.69 bits per heavy atom. The average molecular weight is 229 g/mol. The molecule has 0 radical (unpaired) electrons. The van der Waals surface area contributed by atoms with Crippen molar-refractivity contribution in [3.63, 3.8) is 0 Å². The van der Waals surface area contributed by atoms with Gasteiger partial charge in [0.25, 0.3) is 0 Å². The second-order valence-electron chi connectivity index (χ2n) is 4.83. The highest BCUT2D eigenvalue weighted by atomic mass is 16.5. The maximum absolute atomic E-state index is 10.9. The standard InChI is InChI=1S/C12H23NO3/c1-4-16-11(12(14)15)8-13-6-5-10(7-13)9(2)3/h9-11H,4-8H2,1-3H3,(H,14,15). The number of ether oxygens (including phenoxy) is 1. The summed E-state index contributed by atoms with van der Waals surface area (Å²) in [4.78, 5) is 13.1. The Morgan fingerprint density at radius 1 is 1.56 bits per heavy atom. The van der Waals surface area contributed by atoms with Crippen LogP contribution in [-0.4, -0.2) is 48.3 Å². The molecule has 0 aromatic heterocycles. The molecule has 2 unspecified atom stereocenters. The molecule has 1 N–H and O–H groups in total. The molecule has 16 heavy (non-hydrogen) atoms. The molecule has 1 fully saturated rings. The normalized spacial score (nSPS) is 23.9. The van der Waals surface area contributed by atoms with Gasteiger partial charge < -0.3 is 9.84 Å². The topological polar surface area (TPSA) is 49.8 Å². The molecule has 0 aromatic rings. The first-order valence-electron chi connectivity index (χ1n) is 6.11. The summed E-state index contributed by atoms with van der Waals surface area (Å²) in [5.74, 6) is 0.534. The van der Waals surface area contributed by atoms with E-state index in [-0.39, 0.29) is 0 Å². The van der Waals surface area contributed by atoms with E-state index in [0.29, 0.717) is 25.0 Å². The maximum Gasteiger partial charge on any atom is 0.334 e. The Morgan fingerprint density at radius 2 is 2.25 bits per heavy atom. The van der Waals surface area contributed by atoms with E-state index in [4.69, 9.17) is 9.84 Å². The SMILES string of the molecule is CCOC(CN1CCC(C(C)C)C1)C(=O)O. The van der Waals surface area contributed by atoms with Crippen LogP contribution in [0.3, 0.4) is 0 Å². The first kappa shape index (κ1) is 13.5. The third-order valence-corrected chi connectivity index (χ3v) is 3.32. The van der Waals surface area contributed by atoms with Gasteiger partial charge in [0.2, 0.25) is 0 Å². The highest BCUT2D eigenvalue weighted by Crippen LogP contribution is 2.23. The van der Waals surface area contributed by atoms with E-state index >= 15 is 0 Å². The molecular formula is C12H23NO3. The molecular weight excluding hydrogens is 206 g/mol. The van der Waals surface area contributed by atoms with Gasteiger partial charge in [-0.25, -0.2) is 4.79 Å². The summed E-state index contributed by atoms with van der Waals surface area (Å²) in [5, 5.41) is 8.99. The Balaban J connectivity index is 2.39. The van der Waals surface area contributed by atoms with Gasteiger partial charge in [-0.05, 0) is 31.7 Å². The highest BCUT2D eigenvalue weighted by Gasteiger charge is 2.28. The molecule has 1 aliphatic rings. The van der Waals surface area contributed by atoms with E-state index in [1.165, 1.54) is 6.42 Å². The smallest absolute Gasteiger partial charge is 0.334 e. The Kier molecular flexibility index (Phi) is 5.22. The molecule has 1 saturated heterocycles. The number of carboxylic acid groups (broad SMARTS) is 1. The highest BCUT2D eigenvalue weighted by molar-refractivity contribution is 5.72. The summed E-state index contributed by atoms with van der Waals surface area (Å²) in [5.41, 5.74) is 0. The minimum absolute atomic E-state index is 0.457. The molecule has 1 aliphatic heterocycles. The van der Waals surface area contributed by atoms with Gasteiger partial charge in [0, 0.05) is 19.7 Å². The summed E-state index contributed by atoms with van der Waals surface area (Å²) < 4.78 is 5.22. The van der Waals surface area contributed by atoms with Crippen LogP contribution in [0.5, 0.6) is 0 Å². The molecule has 0 saturated carbocycles. The Hall–Kier alpha value is -0.610. The molecule has 1 heterocycles. The predicted octanol–water partition coefficient (Wildman–Crippen LogP) is 1.45. The molecule has 2 atom stereocenters. The zero-order valence-electron chi connectivity index (χ0n) is 10.5. The van der Waals surface area contributed by atoms with Crippen LogP contribution in [0, 0.1) is 11.8 Å². The summed E-state index contributed by atoms with van der Waals surface area (Å²) in [6.45, 7) is 9.27. The lowest BCUT2D eigenvalue weighted by Crippen LogP contribution is -2.38. The second kappa shape index (κ2) is 6.21. The van der Waals surface area contributed by atoms with Gasteiger partial charge >= 0.3 is 5.97 Å². The Labute approximate surface area is 97.6 Å². The number of rotatable bonds is 6. The van der Waals surface area contributed by atoms with Gasteiger partial charge in [0.1, 0.15) is 0 Å². The lowest BCUT2D eigenvalue weighted by molar-refractivity contribution is -0.151. The summed E-state index contributed by atoms with van der Waals surface area (Å²) in [7, 11) is 0. The molecule has 0 aromatic carbocycles. The number of carboxylic acids is 1. The van der Waals surface area contributed by atoms with Crippen LogP contribution in [0.15, 0.2) is 0 Å². The second-order valence-corrected chi connectivity index (χ2v) is 4.83. The quantitative estimate of drug-likeness (QED) is 0.749. The van der Waals surface area contributed by atoms with Gasteiger partial charge in [0.15, 0.2) is 6.10 Å². The van der Waals surface area contributed by atoms with Crippen molar-refractivity contribution in [1.29, 1.82) is 0 Å². The van der Waals surface area contributed by atoms with Crippen LogP contribution in [-0.2, 0) is 9.53 Å². The van der Waals surface area contributed by atoms with Crippen LogP contribution < -0.4 is 0 Å². The summed E-state index contributed by atoms with van der Waals surface area (Å²) >= 11 is 0. The Bertz CT molecular complexity index is 230. The molecule has 94 valence electrons. The van der Waals surface area contributed by atoms with Crippen molar-refractivity contribution >= 4 is 5.97 Å². The largest absolute Gasteiger partial charge is 0.479 e. The van der Waals surface area contributed by atoms with Gasteiger partial charge in [-0.3, -0.25) is 4.90 Å². The maximum atomic E-state index is 10.9. The molecule has 1 rings (SSSR count). The van der Waals surface area contributed by atoms with Crippen LogP contribution in [0.4, 0.5) is 0 Å². The third kappa shape index (κ3) is 3.76. The van der Waals surface area contributed by atoms with Crippen LogP contribution >= 0.6 is 0 Å². The van der Waals surface area contributed by atoms with Crippen molar-refractivity contribution in [1.82, 2.24) is 4.90 Å². The average Bonchev–Trinajstić information content (AvgIpc) is 2.65. The van der Waals surface area contributed by atoms with Crippen LogP contribution in [0.2, 0.25) is 0 Å². The summed E-state index contributed by atoms with van der Waals surface area (Å²) in [6, 6.07) is 0.